The standard InChI is InChI=1S/C19H21ClN2O2.ClH/c1-19(12-21)9-10-22(13-19)18(23)14-5-7-16(8-6-14)24-17-4-2-3-15(20)11-17;/h2-8,11H,9-10,12-13,21H2,1H3;1H. The first-order valence-corrected chi connectivity index (χ1v) is 8.40. The number of nitrogens with zero attached hydrogens (tertiary/aromatic N) is 1. The second-order valence-electron chi connectivity index (χ2n) is 6.58. The van der Waals surface area contributed by atoms with E-state index in [-0.39, 0.29) is 23.7 Å². The van der Waals surface area contributed by atoms with Crippen molar-refractivity contribution in [2.75, 3.05) is 19.6 Å². The summed E-state index contributed by atoms with van der Waals surface area (Å²) in [5, 5.41) is 0.622. The Morgan fingerprint density at radius 3 is 2.56 bits per heavy atom. The van der Waals surface area contributed by atoms with Gasteiger partial charge in [0.1, 0.15) is 11.5 Å². The van der Waals surface area contributed by atoms with E-state index in [0.29, 0.717) is 35.2 Å². The Kier molecular flexibility index (Phi) is 6.33. The Hall–Kier alpha value is -1.75. The topological polar surface area (TPSA) is 55.6 Å². The Balaban J connectivity index is 0.00000225. The molecule has 1 unspecified atom stereocenters. The minimum Gasteiger partial charge on any atom is -0.457 e. The Morgan fingerprint density at radius 1 is 1.24 bits per heavy atom. The largest absolute Gasteiger partial charge is 0.457 e. The van der Waals surface area contributed by atoms with Gasteiger partial charge in [0.15, 0.2) is 0 Å². The van der Waals surface area contributed by atoms with Crippen molar-refractivity contribution in [3.8, 4) is 11.5 Å². The molecule has 1 aliphatic rings. The van der Waals surface area contributed by atoms with E-state index < -0.39 is 0 Å². The van der Waals surface area contributed by atoms with Crippen molar-refractivity contribution in [3.63, 3.8) is 0 Å². The molecule has 134 valence electrons. The molecule has 0 spiro atoms. The molecule has 1 heterocycles. The van der Waals surface area contributed by atoms with E-state index in [9.17, 15) is 4.79 Å². The summed E-state index contributed by atoms with van der Waals surface area (Å²) in [7, 11) is 0. The van der Waals surface area contributed by atoms with Crippen LogP contribution in [0.25, 0.3) is 0 Å². The highest BCUT2D eigenvalue weighted by Gasteiger charge is 2.35. The highest BCUT2D eigenvalue weighted by Crippen LogP contribution is 2.30. The quantitative estimate of drug-likeness (QED) is 0.856. The highest BCUT2D eigenvalue weighted by atomic mass is 35.5. The smallest absolute Gasteiger partial charge is 0.253 e. The molecule has 1 amide bonds. The number of nitrogens with two attached hydrogens (primary N) is 1. The zero-order valence-electron chi connectivity index (χ0n) is 14.1. The summed E-state index contributed by atoms with van der Waals surface area (Å²) in [5.74, 6) is 1.38. The van der Waals surface area contributed by atoms with Crippen LogP contribution in [0.1, 0.15) is 23.7 Å². The van der Waals surface area contributed by atoms with Gasteiger partial charge in [-0.15, -0.1) is 12.4 Å². The second-order valence-corrected chi connectivity index (χ2v) is 7.01. The molecule has 2 aromatic carbocycles. The summed E-state index contributed by atoms with van der Waals surface area (Å²) in [4.78, 5) is 14.5. The Labute approximate surface area is 159 Å². The fourth-order valence-corrected chi connectivity index (χ4v) is 3.06. The van der Waals surface area contributed by atoms with E-state index in [4.69, 9.17) is 22.1 Å². The lowest BCUT2D eigenvalue weighted by molar-refractivity contribution is 0.0777. The van der Waals surface area contributed by atoms with E-state index >= 15 is 0 Å². The highest BCUT2D eigenvalue weighted by molar-refractivity contribution is 6.30. The Bertz CT molecular complexity index is 736. The van der Waals surface area contributed by atoms with Crippen LogP contribution < -0.4 is 10.5 Å². The minimum atomic E-state index is 0. The number of ether oxygens (including phenoxy) is 1. The van der Waals surface area contributed by atoms with Crippen molar-refractivity contribution in [1.82, 2.24) is 4.90 Å². The van der Waals surface area contributed by atoms with E-state index in [1.165, 1.54) is 0 Å². The maximum Gasteiger partial charge on any atom is 0.253 e. The van der Waals surface area contributed by atoms with Gasteiger partial charge in [0.05, 0.1) is 0 Å². The molecular formula is C19H22Cl2N2O2. The van der Waals surface area contributed by atoms with Crippen LogP contribution in [0.5, 0.6) is 11.5 Å². The molecule has 25 heavy (non-hydrogen) atoms. The second kappa shape index (κ2) is 8.09. The predicted octanol–water partition coefficient (Wildman–Crippen LogP) is 4.37. The molecule has 4 nitrogen and oxygen atoms in total. The van der Waals surface area contributed by atoms with Crippen LogP contribution in [-0.4, -0.2) is 30.4 Å². The van der Waals surface area contributed by atoms with E-state index in [2.05, 4.69) is 6.92 Å². The van der Waals surface area contributed by atoms with Crippen molar-refractivity contribution in [2.24, 2.45) is 11.1 Å². The molecule has 0 radical (unpaired) electrons. The average Bonchev–Trinajstić information content (AvgIpc) is 2.98. The third-order valence-electron chi connectivity index (χ3n) is 4.47. The van der Waals surface area contributed by atoms with Gasteiger partial charge in [-0.25, -0.2) is 0 Å². The summed E-state index contributed by atoms with van der Waals surface area (Å²) in [6.45, 7) is 4.20. The van der Waals surface area contributed by atoms with Crippen LogP contribution in [-0.2, 0) is 0 Å². The van der Waals surface area contributed by atoms with E-state index in [0.717, 1.165) is 13.0 Å². The van der Waals surface area contributed by atoms with Crippen LogP contribution in [0.4, 0.5) is 0 Å². The molecule has 6 heteroatoms. The van der Waals surface area contributed by atoms with Gasteiger partial charge in [-0.3, -0.25) is 4.79 Å². The molecule has 0 aromatic heterocycles. The number of rotatable bonds is 4. The zero-order valence-corrected chi connectivity index (χ0v) is 15.6. The summed E-state index contributed by atoms with van der Waals surface area (Å²) in [6, 6.07) is 14.4. The number of hydrogen-bond acceptors (Lipinski definition) is 3. The summed E-state index contributed by atoms with van der Waals surface area (Å²) in [6.07, 6.45) is 0.950. The first kappa shape index (κ1) is 19.6. The van der Waals surface area contributed by atoms with E-state index in [1.807, 2.05) is 17.0 Å². The van der Waals surface area contributed by atoms with E-state index in [1.54, 1.807) is 36.4 Å². The van der Waals surface area contributed by atoms with Crippen LogP contribution in [0.3, 0.4) is 0 Å². The summed E-state index contributed by atoms with van der Waals surface area (Å²) in [5.41, 5.74) is 6.50. The van der Waals surface area contributed by atoms with Crippen LogP contribution in [0.2, 0.25) is 5.02 Å². The third-order valence-corrected chi connectivity index (χ3v) is 4.71. The van der Waals surface area contributed by atoms with Gasteiger partial charge in [0.2, 0.25) is 0 Å². The van der Waals surface area contributed by atoms with Crippen LogP contribution >= 0.6 is 24.0 Å². The molecule has 3 rings (SSSR count). The number of benzene rings is 2. The van der Waals surface area contributed by atoms with Gasteiger partial charge < -0.3 is 15.4 Å². The fourth-order valence-electron chi connectivity index (χ4n) is 2.88. The molecule has 2 aromatic rings. The van der Waals surface area contributed by atoms with Crippen LogP contribution in [0, 0.1) is 5.41 Å². The average molecular weight is 381 g/mol. The molecule has 1 aliphatic heterocycles. The lowest BCUT2D eigenvalue weighted by atomic mass is 9.90. The van der Waals surface area contributed by atoms with Crippen molar-refractivity contribution in [3.05, 3.63) is 59.1 Å². The molecule has 0 aliphatic carbocycles. The van der Waals surface area contributed by atoms with Gasteiger partial charge >= 0.3 is 0 Å². The van der Waals surface area contributed by atoms with Gasteiger partial charge in [-0.05, 0) is 60.8 Å². The van der Waals surface area contributed by atoms with Crippen molar-refractivity contribution >= 4 is 29.9 Å². The SMILES string of the molecule is CC1(CN)CCN(C(=O)c2ccc(Oc3cccc(Cl)c3)cc2)C1.Cl. The van der Waals surface area contributed by atoms with Crippen molar-refractivity contribution in [2.45, 2.75) is 13.3 Å². The number of carbonyl (C=O) groups excluding carboxylic acids is 1. The zero-order chi connectivity index (χ0) is 17.2. The number of carbonyl (C=O) groups is 1. The summed E-state index contributed by atoms with van der Waals surface area (Å²) >= 11 is 5.95. The minimum absolute atomic E-state index is 0. The summed E-state index contributed by atoms with van der Waals surface area (Å²) < 4.78 is 5.74. The van der Waals surface area contributed by atoms with Gasteiger partial charge in [0.25, 0.3) is 5.91 Å². The van der Waals surface area contributed by atoms with Gasteiger partial charge in [-0.2, -0.15) is 0 Å². The lowest BCUT2D eigenvalue weighted by Crippen LogP contribution is -2.34. The van der Waals surface area contributed by atoms with Crippen molar-refractivity contribution < 1.29 is 9.53 Å². The maximum atomic E-state index is 12.6. The van der Waals surface area contributed by atoms with Crippen molar-refractivity contribution in [1.29, 1.82) is 0 Å². The predicted molar refractivity (Wildman–Crippen MR) is 103 cm³/mol. The van der Waals surface area contributed by atoms with Crippen LogP contribution in [0.15, 0.2) is 48.5 Å². The number of likely N-dealkylation sites (tertiary alicyclic amines) is 1. The molecule has 1 fully saturated rings. The molecule has 0 saturated carbocycles. The normalized spacial score (nSPS) is 19.4. The molecule has 1 saturated heterocycles. The molecule has 2 N–H and O–H groups in total. The number of halogens is 2. The molecule has 0 bridgehead atoms. The molecular weight excluding hydrogens is 359 g/mol. The first-order valence-electron chi connectivity index (χ1n) is 8.02. The maximum absolute atomic E-state index is 12.6. The first-order chi connectivity index (χ1) is 11.5. The lowest BCUT2D eigenvalue weighted by Gasteiger charge is -2.22. The fraction of sp³-hybridized carbons (Fsp3) is 0.316. The Morgan fingerprint density at radius 2 is 1.96 bits per heavy atom. The number of amides is 1. The monoisotopic (exact) mass is 380 g/mol. The third kappa shape index (κ3) is 4.66. The van der Waals surface area contributed by atoms with Gasteiger partial charge in [0, 0.05) is 23.7 Å². The molecule has 1 atom stereocenters. The van der Waals surface area contributed by atoms with Gasteiger partial charge in [-0.1, -0.05) is 24.6 Å². The number of hydrogen-bond donors (Lipinski definition) is 1.